The van der Waals surface area contributed by atoms with Crippen LogP contribution in [-0.4, -0.2) is 11.0 Å². The van der Waals surface area contributed by atoms with Crippen LogP contribution in [0.4, 0.5) is 10.1 Å². The maximum Gasteiger partial charge on any atom is 0.257 e. The molecule has 2 aromatic carbocycles. The van der Waals surface area contributed by atoms with Crippen LogP contribution in [0.25, 0.3) is 0 Å². The van der Waals surface area contributed by atoms with Crippen LogP contribution in [0.5, 0.6) is 5.75 Å². The van der Waals surface area contributed by atoms with Crippen LogP contribution in [-0.2, 0) is 0 Å². The Morgan fingerprint density at radius 1 is 1.30 bits per heavy atom. The summed E-state index contributed by atoms with van der Waals surface area (Å²) in [5, 5.41) is 20.7. The smallest absolute Gasteiger partial charge is 0.257 e. The van der Waals surface area contributed by atoms with E-state index in [0.29, 0.717) is 0 Å². The van der Waals surface area contributed by atoms with Crippen molar-refractivity contribution in [1.29, 1.82) is 5.26 Å². The molecule has 0 unspecified atom stereocenters. The number of aromatic hydroxyl groups is 1. The van der Waals surface area contributed by atoms with Crippen LogP contribution in [0.15, 0.2) is 36.4 Å². The molecule has 6 heteroatoms. The molecule has 0 fully saturated rings. The highest BCUT2D eigenvalue weighted by atomic mass is 35.5. The normalized spacial score (nSPS) is 9.85. The molecule has 4 nitrogen and oxygen atoms in total. The predicted molar refractivity (Wildman–Crippen MR) is 72.2 cm³/mol. The first-order valence-corrected chi connectivity index (χ1v) is 5.88. The van der Waals surface area contributed by atoms with Crippen LogP contribution < -0.4 is 5.32 Å². The lowest BCUT2D eigenvalue weighted by Gasteiger charge is -2.07. The van der Waals surface area contributed by atoms with E-state index in [0.717, 1.165) is 6.07 Å². The van der Waals surface area contributed by atoms with E-state index in [1.54, 1.807) is 6.07 Å². The standard InChI is InChI=1S/C14H8ClFN2O2/c15-12-3-2-10(19)6-11(12)14(20)18-9-1-4-13(16)8(5-9)7-17/h1-6,19H,(H,18,20). The molecule has 0 heterocycles. The zero-order valence-corrected chi connectivity index (χ0v) is 10.8. The van der Waals surface area contributed by atoms with Crippen molar-refractivity contribution in [1.82, 2.24) is 0 Å². The van der Waals surface area contributed by atoms with Gasteiger partial charge in [-0.1, -0.05) is 11.6 Å². The zero-order chi connectivity index (χ0) is 14.7. The maximum atomic E-state index is 13.2. The molecule has 0 saturated carbocycles. The van der Waals surface area contributed by atoms with E-state index in [-0.39, 0.29) is 27.6 Å². The second-order valence-electron chi connectivity index (χ2n) is 3.92. The number of nitrogens with one attached hydrogen (secondary N) is 1. The first-order valence-electron chi connectivity index (χ1n) is 5.51. The summed E-state index contributed by atoms with van der Waals surface area (Å²) in [5.74, 6) is -1.33. The first kappa shape index (κ1) is 13.8. The van der Waals surface area contributed by atoms with Gasteiger partial charge in [0.05, 0.1) is 16.1 Å². The van der Waals surface area contributed by atoms with Gasteiger partial charge in [0.25, 0.3) is 5.91 Å². The topological polar surface area (TPSA) is 73.1 Å². The van der Waals surface area contributed by atoms with Crippen LogP contribution in [0.2, 0.25) is 5.02 Å². The lowest BCUT2D eigenvalue weighted by molar-refractivity contribution is 0.102. The molecule has 0 radical (unpaired) electrons. The minimum absolute atomic E-state index is 0.0782. The Labute approximate surface area is 119 Å². The molecule has 100 valence electrons. The van der Waals surface area contributed by atoms with Gasteiger partial charge in [0.1, 0.15) is 17.6 Å². The SMILES string of the molecule is N#Cc1cc(NC(=O)c2cc(O)ccc2Cl)ccc1F. The van der Waals surface area contributed by atoms with Gasteiger partial charge in [0, 0.05) is 5.69 Å². The molecule has 0 saturated heterocycles. The van der Waals surface area contributed by atoms with Gasteiger partial charge < -0.3 is 10.4 Å². The summed E-state index contributed by atoms with van der Waals surface area (Å²) in [6.07, 6.45) is 0. The van der Waals surface area contributed by atoms with Crippen LogP contribution >= 0.6 is 11.6 Å². The van der Waals surface area contributed by atoms with Crippen molar-refractivity contribution >= 4 is 23.2 Å². The van der Waals surface area contributed by atoms with Gasteiger partial charge in [-0.15, -0.1) is 0 Å². The number of phenolic OH excluding ortho intramolecular Hbond substituents is 1. The molecule has 0 aliphatic rings. The number of phenols is 1. The Kier molecular flexibility index (Phi) is 3.87. The molecule has 0 aromatic heterocycles. The molecule has 1 amide bonds. The van der Waals surface area contributed by atoms with Crippen molar-refractivity contribution in [3.8, 4) is 11.8 Å². The van der Waals surface area contributed by atoms with E-state index >= 15 is 0 Å². The van der Waals surface area contributed by atoms with Gasteiger partial charge in [-0.3, -0.25) is 4.79 Å². The fraction of sp³-hybridized carbons (Fsp3) is 0. The number of halogens is 2. The molecule has 0 aliphatic heterocycles. The highest BCUT2D eigenvalue weighted by molar-refractivity contribution is 6.34. The first-order chi connectivity index (χ1) is 9.51. The zero-order valence-electron chi connectivity index (χ0n) is 10.0. The van der Waals surface area contributed by atoms with Crippen LogP contribution in [0, 0.1) is 17.1 Å². The van der Waals surface area contributed by atoms with Gasteiger partial charge in [-0.2, -0.15) is 5.26 Å². The Bertz CT molecular complexity index is 726. The van der Waals surface area contributed by atoms with Crippen molar-refractivity contribution in [2.75, 3.05) is 5.32 Å². The average molecular weight is 291 g/mol. The van der Waals surface area contributed by atoms with Crippen molar-refractivity contribution in [2.45, 2.75) is 0 Å². The van der Waals surface area contributed by atoms with Crippen molar-refractivity contribution in [3.63, 3.8) is 0 Å². The summed E-state index contributed by atoms with van der Waals surface area (Å²) in [6.45, 7) is 0. The van der Waals surface area contributed by atoms with E-state index in [9.17, 15) is 14.3 Å². The Morgan fingerprint density at radius 2 is 2.05 bits per heavy atom. The van der Waals surface area contributed by atoms with Crippen LogP contribution in [0.3, 0.4) is 0 Å². The minimum Gasteiger partial charge on any atom is -0.508 e. The number of benzene rings is 2. The second kappa shape index (κ2) is 5.59. The number of carbonyl (C=O) groups excluding carboxylic acids is 1. The van der Waals surface area contributed by atoms with Crippen molar-refractivity contribution in [3.05, 3.63) is 58.4 Å². The Hall–Kier alpha value is -2.58. The summed E-state index contributed by atoms with van der Waals surface area (Å²) < 4.78 is 13.2. The van der Waals surface area contributed by atoms with E-state index in [1.807, 2.05) is 0 Å². The predicted octanol–water partition coefficient (Wildman–Crippen LogP) is 3.31. The molecule has 2 rings (SSSR count). The van der Waals surface area contributed by atoms with Gasteiger partial charge in [-0.25, -0.2) is 4.39 Å². The largest absolute Gasteiger partial charge is 0.508 e. The van der Waals surface area contributed by atoms with E-state index in [2.05, 4.69) is 5.32 Å². The minimum atomic E-state index is -0.666. The quantitative estimate of drug-likeness (QED) is 0.891. The molecular weight excluding hydrogens is 283 g/mol. The van der Waals surface area contributed by atoms with E-state index in [4.69, 9.17) is 16.9 Å². The number of nitriles is 1. The highest BCUT2D eigenvalue weighted by Crippen LogP contribution is 2.23. The molecule has 2 N–H and O–H groups in total. The van der Waals surface area contributed by atoms with Gasteiger partial charge in [-0.05, 0) is 36.4 Å². The molecule has 0 atom stereocenters. The summed E-state index contributed by atoms with van der Waals surface area (Å²) >= 11 is 5.86. The molecule has 2 aromatic rings. The lowest BCUT2D eigenvalue weighted by atomic mass is 10.1. The molecule has 0 aliphatic carbocycles. The number of hydrogen-bond donors (Lipinski definition) is 2. The van der Waals surface area contributed by atoms with Gasteiger partial charge in [0.2, 0.25) is 0 Å². The van der Waals surface area contributed by atoms with Gasteiger partial charge >= 0.3 is 0 Å². The van der Waals surface area contributed by atoms with Crippen molar-refractivity contribution in [2.24, 2.45) is 0 Å². The van der Waals surface area contributed by atoms with E-state index < -0.39 is 11.7 Å². The molecule has 0 spiro atoms. The van der Waals surface area contributed by atoms with E-state index in [1.165, 1.54) is 30.3 Å². The third kappa shape index (κ3) is 2.87. The fourth-order valence-corrected chi connectivity index (χ4v) is 1.78. The molecule has 20 heavy (non-hydrogen) atoms. The Morgan fingerprint density at radius 3 is 2.75 bits per heavy atom. The van der Waals surface area contributed by atoms with Crippen LogP contribution in [0.1, 0.15) is 15.9 Å². The number of anilines is 1. The highest BCUT2D eigenvalue weighted by Gasteiger charge is 2.12. The third-order valence-corrected chi connectivity index (χ3v) is 2.87. The van der Waals surface area contributed by atoms with Crippen molar-refractivity contribution < 1.29 is 14.3 Å². The maximum absolute atomic E-state index is 13.2. The molecule has 0 bridgehead atoms. The molecular formula is C14H8ClFN2O2. The second-order valence-corrected chi connectivity index (χ2v) is 4.33. The number of rotatable bonds is 2. The monoisotopic (exact) mass is 290 g/mol. The number of hydrogen-bond acceptors (Lipinski definition) is 3. The lowest BCUT2D eigenvalue weighted by Crippen LogP contribution is -2.12. The summed E-state index contributed by atoms with van der Waals surface area (Å²) in [4.78, 5) is 12.0. The van der Waals surface area contributed by atoms with Gasteiger partial charge in [0.15, 0.2) is 0 Å². The summed E-state index contributed by atoms with van der Waals surface area (Å²) in [5.41, 5.74) is 0.159. The number of carbonyl (C=O) groups is 1. The summed E-state index contributed by atoms with van der Waals surface area (Å²) in [7, 11) is 0. The number of nitrogens with zero attached hydrogens (tertiary/aromatic N) is 1. The Balaban J connectivity index is 2.28. The number of amides is 1. The fourth-order valence-electron chi connectivity index (χ4n) is 1.57. The average Bonchev–Trinajstić information content (AvgIpc) is 2.43. The third-order valence-electron chi connectivity index (χ3n) is 2.54. The summed E-state index contributed by atoms with van der Waals surface area (Å²) in [6, 6.07) is 9.25.